The monoisotopic (exact) mass is 430 g/mol. The lowest BCUT2D eigenvalue weighted by Gasteiger charge is -2.35. The van der Waals surface area contributed by atoms with Gasteiger partial charge >= 0.3 is 0 Å². The number of guanidine groups is 1. The van der Waals surface area contributed by atoms with Gasteiger partial charge < -0.3 is 25.0 Å². The standard InChI is InChI=1S/C23H35FN6O/c1-5-20-18(22(6-2)31-28-20)16-27-23(25-4)26-15-17-8-9-21(19(24)14-17)30-12-10-29(7-3)11-13-30/h8-9,14H,5-7,10-13,15-16H2,1-4H3,(H2,25,26,27). The van der Waals surface area contributed by atoms with Crippen LogP contribution in [0.15, 0.2) is 27.7 Å². The second-order valence-electron chi connectivity index (χ2n) is 7.72. The van der Waals surface area contributed by atoms with Crippen molar-refractivity contribution in [2.75, 3.05) is 44.7 Å². The molecule has 1 aliphatic heterocycles. The third-order valence-corrected chi connectivity index (χ3v) is 5.90. The Kier molecular flexibility index (Phi) is 8.28. The summed E-state index contributed by atoms with van der Waals surface area (Å²) in [5.74, 6) is 1.39. The number of rotatable bonds is 8. The molecule has 7 nitrogen and oxygen atoms in total. The van der Waals surface area contributed by atoms with Gasteiger partial charge in [0.05, 0.1) is 11.4 Å². The molecule has 2 heterocycles. The molecule has 170 valence electrons. The fourth-order valence-electron chi connectivity index (χ4n) is 3.94. The molecule has 0 saturated carbocycles. The predicted octanol–water partition coefficient (Wildman–Crippen LogP) is 2.95. The highest BCUT2D eigenvalue weighted by molar-refractivity contribution is 5.79. The summed E-state index contributed by atoms with van der Waals surface area (Å²) in [6.07, 6.45) is 1.63. The first-order chi connectivity index (χ1) is 15.1. The summed E-state index contributed by atoms with van der Waals surface area (Å²) in [5, 5.41) is 10.7. The van der Waals surface area contributed by atoms with Crippen molar-refractivity contribution < 1.29 is 8.91 Å². The molecular formula is C23H35FN6O. The van der Waals surface area contributed by atoms with E-state index in [0.29, 0.717) is 24.7 Å². The van der Waals surface area contributed by atoms with Crippen LogP contribution in [0.2, 0.25) is 0 Å². The van der Waals surface area contributed by atoms with Gasteiger partial charge in [-0.05, 0) is 30.7 Å². The smallest absolute Gasteiger partial charge is 0.191 e. The van der Waals surface area contributed by atoms with E-state index in [1.54, 1.807) is 13.1 Å². The number of piperazine rings is 1. The van der Waals surface area contributed by atoms with Crippen molar-refractivity contribution in [3.8, 4) is 0 Å². The van der Waals surface area contributed by atoms with E-state index in [9.17, 15) is 4.39 Å². The maximum absolute atomic E-state index is 14.8. The van der Waals surface area contributed by atoms with Crippen molar-refractivity contribution in [3.05, 3.63) is 46.6 Å². The number of nitrogens with zero attached hydrogens (tertiary/aromatic N) is 4. The molecule has 1 fully saturated rings. The second kappa shape index (κ2) is 11.1. The van der Waals surface area contributed by atoms with Crippen LogP contribution in [0.5, 0.6) is 0 Å². The Morgan fingerprint density at radius 2 is 1.84 bits per heavy atom. The van der Waals surface area contributed by atoms with E-state index in [2.05, 4.69) is 51.4 Å². The minimum atomic E-state index is -0.170. The molecule has 0 atom stereocenters. The zero-order valence-corrected chi connectivity index (χ0v) is 19.2. The number of hydrogen-bond acceptors (Lipinski definition) is 5. The minimum Gasteiger partial charge on any atom is -0.367 e. The first kappa shape index (κ1) is 23.1. The molecule has 0 bridgehead atoms. The molecule has 1 aliphatic rings. The summed E-state index contributed by atoms with van der Waals surface area (Å²) in [7, 11) is 1.73. The van der Waals surface area contributed by atoms with E-state index in [0.717, 1.165) is 68.1 Å². The lowest BCUT2D eigenvalue weighted by molar-refractivity contribution is 0.270. The van der Waals surface area contributed by atoms with Crippen LogP contribution in [-0.2, 0) is 25.9 Å². The van der Waals surface area contributed by atoms with Gasteiger partial charge in [-0.2, -0.15) is 0 Å². The van der Waals surface area contributed by atoms with Crippen LogP contribution < -0.4 is 15.5 Å². The number of hydrogen-bond donors (Lipinski definition) is 2. The molecule has 0 spiro atoms. The summed E-state index contributed by atoms with van der Waals surface area (Å²) < 4.78 is 20.2. The fourth-order valence-corrected chi connectivity index (χ4v) is 3.94. The van der Waals surface area contributed by atoms with Crippen molar-refractivity contribution in [1.82, 2.24) is 20.7 Å². The van der Waals surface area contributed by atoms with E-state index in [4.69, 9.17) is 4.52 Å². The van der Waals surface area contributed by atoms with Crippen LogP contribution in [0.4, 0.5) is 10.1 Å². The molecule has 2 aromatic rings. The first-order valence-electron chi connectivity index (χ1n) is 11.3. The number of likely N-dealkylation sites (N-methyl/N-ethyl adjacent to an activating group) is 1. The Morgan fingerprint density at radius 1 is 1.10 bits per heavy atom. The Balaban J connectivity index is 1.55. The minimum absolute atomic E-state index is 0.170. The zero-order chi connectivity index (χ0) is 22.2. The number of aliphatic imine (C=N–C) groups is 1. The molecule has 1 saturated heterocycles. The van der Waals surface area contributed by atoms with E-state index >= 15 is 0 Å². The van der Waals surface area contributed by atoms with E-state index in [1.807, 2.05) is 12.1 Å². The second-order valence-corrected chi connectivity index (χ2v) is 7.72. The van der Waals surface area contributed by atoms with Gasteiger partial charge in [0.2, 0.25) is 0 Å². The quantitative estimate of drug-likeness (QED) is 0.496. The lowest BCUT2D eigenvalue weighted by atomic mass is 10.1. The molecule has 3 rings (SSSR count). The van der Waals surface area contributed by atoms with Crippen molar-refractivity contribution in [1.29, 1.82) is 0 Å². The molecule has 31 heavy (non-hydrogen) atoms. The topological polar surface area (TPSA) is 68.9 Å². The predicted molar refractivity (Wildman–Crippen MR) is 123 cm³/mol. The van der Waals surface area contributed by atoms with E-state index < -0.39 is 0 Å². The van der Waals surface area contributed by atoms with Crippen LogP contribution in [0.25, 0.3) is 0 Å². The van der Waals surface area contributed by atoms with Gasteiger partial charge in [0.1, 0.15) is 11.6 Å². The third-order valence-electron chi connectivity index (χ3n) is 5.90. The van der Waals surface area contributed by atoms with Crippen LogP contribution in [0, 0.1) is 5.82 Å². The highest BCUT2D eigenvalue weighted by Gasteiger charge is 2.19. The Labute approximate surface area is 184 Å². The van der Waals surface area contributed by atoms with Gasteiger partial charge in [-0.15, -0.1) is 0 Å². The number of nitrogens with one attached hydrogen (secondary N) is 2. The molecule has 8 heteroatoms. The van der Waals surface area contributed by atoms with Gasteiger partial charge in [0.15, 0.2) is 5.96 Å². The first-order valence-corrected chi connectivity index (χ1v) is 11.3. The van der Waals surface area contributed by atoms with Crippen molar-refractivity contribution in [2.24, 2.45) is 4.99 Å². The molecule has 0 aliphatic carbocycles. The van der Waals surface area contributed by atoms with Crippen LogP contribution in [0.1, 0.15) is 43.4 Å². The lowest BCUT2D eigenvalue weighted by Crippen LogP contribution is -2.46. The Bertz CT molecular complexity index is 851. The molecule has 0 unspecified atom stereocenters. The summed E-state index contributed by atoms with van der Waals surface area (Å²) in [6, 6.07) is 5.49. The van der Waals surface area contributed by atoms with E-state index in [-0.39, 0.29) is 5.82 Å². The number of aromatic nitrogens is 1. The normalized spacial score (nSPS) is 15.4. The van der Waals surface area contributed by atoms with Crippen LogP contribution >= 0.6 is 0 Å². The highest BCUT2D eigenvalue weighted by atomic mass is 19.1. The van der Waals surface area contributed by atoms with Gasteiger partial charge in [-0.3, -0.25) is 4.99 Å². The maximum atomic E-state index is 14.8. The van der Waals surface area contributed by atoms with E-state index in [1.165, 1.54) is 0 Å². The van der Waals surface area contributed by atoms with Gasteiger partial charge in [-0.1, -0.05) is 32.0 Å². The van der Waals surface area contributed by atoms with Gasteiger partial charge in [0, 0.05) is 58.3 Å². The SMILES string of the molecule is CCc1noc(CC)c1CNC(=NC)NCc1ccc(N2CCN(CC)CC2)c(F)c1. The maximum Gasteiger partial charge on any atom is 0.191 e. The summed E-state index contributed by atoms with van der Waals surface area (Å²) in [6.45, 7) is 12.1. The van der Waals surface area contributed by atoms with Gasteiger partial charge in [-0.25, -0.2) is 4.39 Å². The average molecular weight is 431 g/mol. The molecule has 2 N–H and O–H groups in total. The third kappa shape index (κ3) is 5.76. The molecule has 0 radical (unpaired) electrons. The molecule has 1 aromatic heterocycles. The van der Waals surface area contributed by atoms with Crippen molar-refractivity contribution in [2.45, 2.75) is 46.7 Å². The summed E-state index contributed by atoms with van der Waals surface area (Å²) in [5.41, 5.74) is 3.63. The summed E-state index contributed by atoms with van der Waals surface area (Å²) >= 11 is 0. The Morgan fingerprint density at radius 3 is 2.45 bits per heavy atom. The molecule has 0 amide bonds. The van der Waals surface area contributed by atoms with Crippen LogP contribution in [-0.4, -0.2) is 55.8 Å². The Hall–Kier alpha value is -2.61. The fraction of sp³-hybridized carbons (Fsp3) is 0.565. The summed E-state index contributed by atoms with van der Waals surface area (Å²) in [4.78, 5) is 8.80. The van der Waals surface area contributed by atoms with Crippen LogP contribution in [0.3, 0.4) is 0 Å². The molecular weight excluding hydrogens is 395 g/mol. The number of benzene rings is 1. The zero-order valence-electron chi connectivity index (χ0n) is 19.2. The average Bonchev–Trinajstić information content (AvgIpc) is 3.21. The number of halogens is 1. The molecule has 1 aromatic carbocycles. The van der Waals surface area contributed by atoms with Crippen molar-refractivity contribution >= 4 is 11.6 Å². The largest absolute Gasteiger partial charge is 0.367 e. The number of anilines is 1. The van der Waals surface area contributed by atoms with Gasteiger partial charge in [0.25, 0.3) is 0 Å². The van der Waals surface area contributed by atoms with Crippen molar-refractivity contribution in [3.63, 3.8) is 0 Å². The number of aryl methyl sites for hydroxylation is 2. The highest BCUT2D eigenvalue weighted by Crippen LogP contribution is 2.22.